The van der Waals surface area contributed by atoms with Crippen LogP contribution in [0.4, 0.5) is 5.95 Å². The first-order chi connectivity index (χ1) is 16.7. The lowest BCUT2D eigenvalue weighted by molar-refractivity contribution is -0.138. The van der Waals surface area contributed by atoms with Crippen molar-refractivity contribution in [2.24, 2.45) is 11.8 Å². The number of ether oxygens (including phenoxy) is 2. The second kappa shape index (κ2) is 11.6. The van der Waals surface area contributed by atoms with Gasteiger partial charge >= 0.3 is 0 Å². The van der Waals surface area contributed by atoms with Gasteiger partial charge in [-0.2, -0.15) is 0 Å². The van der Waals surface area contributed by atoms with E-state index in [0.29, 0.717) is 29.7 Å². The average Bonchev–Trinajstić information content (AvgIpc) is 3.26. The highest BCUT2D eigenvalue weighted by Gasteiger charge is 2.22. The maximum absolute atomic E-state index is 13.1. The van der Waals surface area contributed by atoms with Crippen LogP contribution in [0.25, 0.3) is 16.9 Å². The van der Waals surface area contributed by atoms with Crippen molar-refractivity contribution in [3.05, 3.63) is 54.7 Å². The van der Waals surface area contributed by atoms with Crippen LogP contribution >= 0.6 is 0 Å². The van der Waals surface area contributed by atoms with Gasteiger partial charge in [-0.25, -0.2) is 4.98 Å². The standard InChI is InChI=1S/C27H34N4O4/c1-18(2)15-30(26(33)19(3)4)17-25(32)29-27-28-22(20-10-8-7-9-11-20)16-31(27)21-12-13-23(34-5)24(14-21)35-6/h7-14,16,18-19H,15,17H2,1-6H3,(H,28,29,32). The minimum absolute atomic E-state index is 0.0470. The lowest BCUT2D eigenvalue weighted by Crippen LogP contribution is -2.42. The predicted molar refractivity (Wildman–Crippen MR) is 137 cm³/mol. The summed E-state index contributed by atoms with van der Waals surface area (Å²) in [6.07, 6.45) is 1.86. The first-order valence-electron chi connectivity index (χ1n) is 11.7. The van der Waals surface area contributed by atoms with Crippen molar-refractivity contribution >= 4 is 17.8 Å². The second-order valence-corrected chi connectivity index (χ2v) is 9.04. The molecule has 0 saturated carbocycles. The number of carbonyl (C=O) groups is 2. The van der Waals surface area contributed by atoms with Gasteiger partial charge in [0.1, 0.15) is 0 Å². The second-order valence-electron chi connectivity index (χ2n) is 9.04. The molecule has 0 bridgehead atoms. The molecule has 0 unspecified atom stereocenters. The molecule has 1 heterocycles. The molecular formula is C27H34N4O4. The highest BCUT2D eigenvalue weighted by Crippen LogP contribution is 2.31. The van der Waals surface area contributed by atoms with Gasteiger partial charge < -0.3 is 14.4 Å². The van der Waals surface area contributed by atoms with Crippen molar-refractivity contribution in [1.29, 1.82) is 0 Å². The zero-order valence-corrected chi connectivity index (χ0v) is 21.2. The maximum atomic E-state index is 13.1. The van der Waals surface area contributed by atoms with E-state index in [-0.39, 0.29) is 30.2 Å². The van der Waals surface area contributed by atoms with Crippen LogP contribution in [0.5, 0.6) is 11.5 Å². The van der Waals surface area contributed by atoms with Crippen molar-refractivity contribution in [1.82, 2.24) is 14.5 Å². The number of nitrogens with zero attached hydrogens (tertiary/aromatic N) is 3. The van der Waals surface area contributed by atoms with Crippen LogP contribution in [0.2, 0.25) is 0 Å². The molecule has 0 radical (unpaired) electrons. The van der Waals surface area contributed by atoms with Crippen LogP contribution in [0.3, 0.4) is 0 Å². The monoisotopic (exact) mass is 478 g/mol. The summed E-state index contributed by atoms with van der Waals surface area (Å²) in [6.45, 7) is 8.17. The van der Waals surface area contributed by atoms with E-state index in [9.17, 15) is 9.59 Å². The summed E-state index contributed by atoms with van der Waals surface area (Å²) in [5, 5.41) is 2.91. The van der Waals surface area contributed by atoms with Crippen molar-refractivity contribution in [3.8, 4) is 28.4 Å². The smallest absolute Gasteiger partial charge is 0.246 e. The molecule has 3 aromatic rings. The fraction of sp³-hybridized carbons (Fsp3) is 0.370. The molecule has 0 aliphatic rings. The third-order valence-electron chi connectivity index (χ3n) is 5.40. The molecule has 186 valence electrons. The summed E-state index contributed by atoms with van der Waals surface area (Å²) < 4.78 is 12.6. The fourth-order valence-corrected chi connectivity index (χ4v) is 3.76. The fourth-order valence-electron chi connectivity index (χ4n) is 3.76. The molecule has 8 nitrogen and oxygen atoms in total. The number of aromatic nitrogens is 2. The topological polar surface area (TPSA) is 85.7 Å². The third kappa shape index (κ3) is 6.41. The highest BCUT2D eigenvalue weighted by atomic mass is 16.5. The molecule has 0 aliphatic heterocycles. The molecule has 1 aromatic heterocycles. The number of anilines is 1. The number of carbonyl (C=O) groups excluding carboxylic acids is 2. The maximum Gasteiger partial charge on any atom is 0.246 e. The minimum Gasteiger partial charge on any atom is -0.493 e. The van der Waals surface area contributed by atoms with Gasteiger partial charge in [0.15, 0.2) is 11.5 Å². The summed E-state index contributed by atoms with van der Waals surface area (Å²) in [4.78, 5) is 32.1. The highest BCUT2D eigenvalue weighted by molar-refractivity contribution is 5.94. The molecule has 35 heavy (non-hydrogen) atoms. The van der Waals surface area contributed by atoms with E-state index >= 15 is 0 Å². The summed E-state index contributed by atoms with van der Waals surface area (Å²) in [6, 6.07) is 15.2. The SMILES string of the molecule is COc1ccc(-n2cc(-c3ccccc3)nc2NC(=O)CN(CC(C)C)C(=O)C(C)C)cc1OC. The van der Waals surface area contributed by atoms with Gasteiger partial charge in [-0.05, 0) is 18.1 Å². The van der Waals surface area contributed by atoms with Crippen LogP contribution < -0.4 is 14.8 Å². The molecule has 1 N–H and O–H groups in total. The van der Waals surface area contributed by atoms with Gasteiger partial charge in [0, 0.05) is 30.3 Å². The molecule has 0 spiro atoms. The lowest BCUT2D eigenvalue weighted by Gasteiger charge is -2.25. The van der Waals surface area contributed by atoms with E-state index in [1.165, 1.54) is 0 Å². The number of imidazole rings is 1. The number of rotatable bonds is 10. The summed E-state index contributed by atoms with van der Waals surface area (Å²) in [5.74, 6) is 1.18. The number of amides is 2. The Labute approximate surface area is 206 Å². The van der Waals surface area contributed by atoms with Crippen molar-refractivity contribution in [2.75, 3.05) is 32.6 Å². The Morgan fingerprint density at radius 3 is 2.29 bits per heavy atom. The Kier molecular flexibility index (Phi) is 8.52. The normalized spacial score (nSPS) is 11.0. The van der Waals surface area contributed by atoms with E-state index < -0.39 is 0 Å². The van der Waals surface area contributed by atoms with Crippen molar-refractivity contribution in [2.45, 2.75) is 27.7 Å². The number of nitrogens with one attached hydrogen (secondary N) is 1. The van der Waals surface area contributed by atoms with Gasteiger partial charge in [-0.3, -0.25) is 19.5 Å². The summed E-state index contributed by atoms with van der Waals surface area (Å²) >= 11 is 0. The van der Waals surface area contributed by atoms with Crippen LogP contribution in [-0.2, 0) is 9.59 Å². The average molecular weight is 479 g/mol. The van der Waals surface area contributed by atoms with Crippen LogP contribution in [0.1, 0.15) is 27.7 Å². The Balaban J connectivity index is 1.96. The molecule has 2 aromatic carbocycles. The molecule has 0 fully saturated rings. The number of hydrogen-bond donors (Lipinski definition) is 1. The first-order valence-corrected chi connectivity index (χ1v) is 11.7. The van der Waals surface area contributed by atoms with Gasteiger partial charge in [-0.1, -0.05) is 58.0 Å². The van der Waals surface area contributed by atoms with E-state index in [0.717, 1.165) is 11.3 Å². The molecule has 3 rings (SSSR count). The summed E-state index contributed by atoms with van der Waals surface area (Å²) in [7, 11) is 3.15. The Hall–Kier alpha value is -3.81. The number of hydrogen-bond acceptors (Lipinski definition) is 5. The quantitative estimate of drug-likeness (QED) is 0.459. The van der Waals surface area contributed by atoms with E-state index in [1.54, 1.807) is 29.8 Å². The molecular weight excluding hydrogens is 444 g/mol. The van der Waals surface area contributed by atoms with Crippen LogP contribution in [0, 0.1) is 11.8 Å². The van der Waals surface area contributed by atoms with Crippen LogP contribution in [-0.4, -0.2) is 53.6 Å². The molecule has 0 saturated heterocycles. The Bertz CT molecular complexity index is 1160. The van der Waals surface area contributed by atoms with E-state index in [1.807, 2.05) is 76.4 Å². The third-order valence-corrected chi connectivity index (χ3v) is 5.40. The zero-order chi connectivity index (χ0) is 25.5. The molecule has 8 heteroatoms. The first kappa shape index (κ1) is 25.8. The lowest BCUT2D eigenvalue weighted by atomic mass is 10.1. The Morgan fingerprint density at radius 2 is 1.69 bits per heavy atom. The van der Waals surface area contributed by atoms with Crippen molar-refractivity contribution in [3.63, 3.8) is 0 Å². The zero-order valence-electron chi connectivity index (χ0n) is 21.2. The van der Waals surface area contributed by atoms with Gasteiger partial charge in [0.05, 0.1) is 32.1 Å². The number of benzene rings is 2. The van der Waals surface area contributed by atoms with Gasteiger partial charge in [0.2, 0.25) is 17.8 Å². The minimum atomic E-state index is -0.313. The molecule has 2 amide bonds. The molecule has 0 aliphatic carbocycles. The van der Waals surface area contributed by atoms with Gasteiger partial charge in [-0.15, -0.1) is 0 Å². The summed E-state index contributed by atoms with van der Waals surface area (Å²) in [5.41, 5.74) is 2.36. The van der Waals surface area contributed by atoms with E-state index in [4.69, 9.17) is 14.5 Å². The number of methoxy groups -OCH3 is 2. The Morgan fingerprint density at radius 1 is 1.00 bits per heavy atom. The predicted octanol–water partition coefficient (Wildman–Crippen LogP) is 4.64. The largest absolute Gasteiger partial charge is 0.493 e. The van der Waals surface area contributed by atoms with Gasteiger partial charge in [0.25, 0.3) is 0 Å². The molecule has 0 atom stereocenters. The van der Waals surface area contributed by atoms with Crippen molar-refractivity contribution < 1.29 is 19.1 Å². The van der Waals surface area contributed by atoms with Crippen LogP contribution in [0.15, 0.2) is 54.7 Å². The van der Waals surface area contributed by atoms with E-state index in [2.05, 4.69) is 5.32 Å².